The first-order chi connectivity index (χ1) is 12.8. The van der Waals surface area contributed by atoms with Crippen LogP contribution in [-0.2, 0) is 4.79 Å². The van der Waals surface area contributed by atoms with E-state index >= 15 is 0 Å². The number of carbonyl (C=O) groups excluding carboxylic acids is 2. The van der Waals surface area contributed by atoms with Crippen molar-refractivity contribution in [3.63, 3.8) is 0 Å². The lowest BCUT2D eigenvalue weighted by Gasteiger charge is -2.22. The van der Waals surface area contributed by atoms with Crippen molar-refractivity contribution in [2.45, 2.75) is 19.9 Å². The summed E-state index contributed by atoms with van der Waals surface area (Å²) in [6.07, 6.45) is 0. The van der Waals surface area contributed by atoms with E-state index in [1.54, 1.807) is 49.6 Å². The summed E-state index contributed by atoms with van der Waals surface area (Å²) in [7, 11) is 3.07. The summed E-state index contributed by atoms with van der Waals surface area (Å²) in [6.45, 7) is 3.72. The van der Waals surface area contributed by atoms with Crippen molar-refractivity contribution in [3.05, 3.63) is 53.1 Å². The highest BCUT2D eigenvalue weighted by Crippen LogP contribution is 2.27. The van der Waals surface area contributed by atoms with Crippen LogP contribution in [-0.4, -0.2) is 32.1 Å². The molecule has 0 saturated heterocycles. The minimum atomic E-state index is -0.708. The SMILES string of the molecule is COc1ccc(C(=O)NC(C(=O)Nc2ccc(OC)c(Cl)c2)C(C)C)cc1. The van der Waals surface area contributed by atoms with E-state index in [1.807, 2.05) is 13.8 Å². The van der Waals surface area contributed by atoms with Crippen molar-refractivity contribution < 1.29 is 19.1 Å². The summed E-state index contributed by atoms with van der Waals surface area (Å²) < 4.78 is 10.2. The Hall–Kier alpha value is -2.73. The molecule has 0 fully saturated rings. The third-order valence-corrected chi connectivity index (χ3v) is 4.30. The monoisotopic (exact) mass is 390 g/mol. The van der Waals surface area contributed by atoms with Gasteiger partial charge < -0.3 is 20.1 Å². The molecule has 0 saturated carbocycles. The van der Waals surface area contributed by atoms with Gasteiger partial charge in [-0.25, -0.2) is 0 Å². The Morgan fingerprint density at radius 1 is 1.00 bits per heavy atom. The zero-order valence-electron chi connectivity index (χ0n) is 15.7. The minimum Gasteiger partial charge on any atom is -0.497 e. The van der Waals surface area contributed by atoms with Gasteiger partial charge in [0, 0.05) is 11.3 Å². The largest absolute Gasteiger partial charge is 0.497 e. The summed E-state index contributed by atoms with van der Waals surface area (Å²) in [6, 6.07) is 10.9. The maximum absolute atomic E-state index is 12.7. The average Bonchev–Trinajstić information content (AvgIpc) is 2.65. The molecule has 2 rings (SSSR count). The molecule has 6 nitrogen and oxygen atoms in total. The zero-order valence-corrected chi connectivity index (χ0v) is 16.5. The van der Waals surface area contributed by atoms with Crippen LogP contribution in [0.1, 0.15) is 24.2 Å². The van der Waals surface area contributed by atoms with Gasteiger partial charge in [0.05, 0.1) is 19.2 Å². The van der Waals surface area contributed by atoms with Crippen LogP contribution in [0.5, 0.6) is 11.5 Å². The van der Waals surface area contributed by atoms with Crippen LogP contribution < -0.4 is 20.1 Å². The highest BCUT2D eigenvalue weighted by Gasteiger charge is 2.25. The highest BCUT2D eigenvalue weighted by molar-refractivity contribution is 6.32. The molecule has 27 heavy (non-hydrogen) atoms. The van der Waals surface area contributed by atoms with Gasteiger partial charge in [-0.15, -0.1) is 0 Å². The van der Waals surface area contributed by atoms with Crippen molar-refractivity contribution in [1.29, 1.82) is 0 Å². The average molecular weight is 391 g/mol. The number of methoxy groups -OCH3 is 2. The van der Waals surface area contributed by atoms with E-state index in [4.69, 9.17) is 21.1 Å². The number of hydrogen-bond donors (Lipinski definition) is 2. The smallest absolute Gasteiger partial charge is 0.251 e. The molecule has 0 radical (unpaired) electrons. The van der Waals surface area contributed by atoms with Crippen molar-refractivity contribution in [2.75, 3.05) is 19.5 Å². The molecule has 0 spiro atoms. The topological polar surface area (TPSA) is 76.7 Å². The van der Waals surface area contributed by atoms with E-state index in [9.17, 15) is 9.59 Å². The van der Waals surface area contributed by atoms with E-state index in [1.165, 1.54) is 7.11 Å². The predicted molar refractivity (Wildman–Crippen MR) is 106 cm³/mol. The van der Waals surface area contributed by atoms with Gasteiger partial charge in [-0.3, -0.25) is 9.59 Å². The number of anilines is 1. The molecule has 144 valence electrons. The first-order valence-electron chi connectivity index (χ1n) is 8.45. The molecule has 2 N–H and O–H groups in total. The van der Waals surface area contributed by atoms with Gasteiger partial charge >= 0.3 is 0 Å². The molecule has 1 atom stereocenters. The molecule has 0 aliphatic carbocycles. The second kappa shape index (κ2) is 9.28. The molecule has 2 aromatic rings. The van der Waals surface area contributed by atoms with Crippen molar-refractivity contribution in [2.24, 2.45) is 5.92 Å². The maximum atomic E-state index is 12.7. The van der Waals surface area contributed by atoms with Gasteiger partial charge in [0.1, 0.15) is 17.5 Å². The fourth-order valence-corrected chi connectivity index (χ4v) is 2.72. The maximum Gasteiger partial charge on any atom is 0.251 e. The second-order valence-electron chi connectivity index (χ2n) is 6.26. The number of hydrogen-bond acceptors (Lipinski definition) is 4. The number of halogens is 1. The molecule has 0 aliphatic rings. The standard InChI is InChI=1S/C20H23ClN2O4/c1-12(2)18(23-19(24)13-5-8-15(26-3)9-6-13)20(25)22-14-7-10-17(27-4)16(21)11-14/h5-12,18H,1-4H3,(H,22,25)(H,23,24). The molecular formula is C20H23ClN2O4. The number of rotatable bonds is 7. The summed E-state index contributed by atoms with van der Waals surface area (Å²) in [5.41, 5.74) is 0.969. The molecule has 1 unspecified atom stereocenters. The van der Waals surface area contributed by atoms with Crippen LogP contribution >= 0.6 is 11.6 Å². The number of carbonyl (C=O) groups is 2. The van der Waals surface area contributed by atoms with E-state index < -0.39 is 6.04 Å². The third kappa shape index (κ3) is 5.37. The Morgan fingerprint density at radius 3 is 2.19 bits per heavy atom. The number of ether oxygens (including phenoxy) is 2. The highest BCUT2D eigenvalue weighted by atomic mass is 35.5. The van der Waals surface area contributed by atoms with Crippen LogP contribution in [0.2, 0.25) is 5.02 Å². The molecule has 0 heterocycles. The van der Waals surface area contributed by atoms with Crippen LogP contribution in [0.15, 0.2) is 42.5 Å². The summed E-state index contributed by atoms with van der Waals surface area (Å²) in [5.74, 6) is 0.400. The molecule has 0 aliphatic heterocycles. The van der Waals surface area contributed by atoms with Crippen LogP contribution in [0, 0.1) is 5.92 Å². The van der Waals surface area contributed by atoms with E-state index in [0.717, 1.165) is 0 Å². The van der Waals surface area contributed by atoms with Gasteiger partial charge in [0.15, 0.2) is 0 Å². The normalized spacial score (nSPS) is 11.6. The van der Waals surface area contributed by atoms with Gasteiger partial charge in [-0.1, -0.05) is 25.4 Å². The van der Waals surface area contributed by atoms with Crippen molar-refractivity contribution in [3.8, 4) is 11.5 Å². The Balaban J connectivity index is 2.10. The van der Waals surface area contributed by atoms with Crippen LogP contribution in [0.3, 0.4) is 0 Å². The summed E-state index contributed by atoms with van der Waals surface area (Å²) >= 11 is 6.09. The predicted octanol–water partition coefficient (Wildman–Crippen LogP) is 3.75. The van der Waals surface area contributed by atoms with E-state index in [2.05, 4.69) is 10.6 Å². The zero-order chi connectivity index (χ0) is 20.0. The quantitative estimate of drug-likeness (QED) is 0.754. The summed E-state index contributed by atoms with van der Waals surface area (Å²) in [4.78, 5) is 25.2. The molecule has 0 aromatic heterocycles. The Kier molecular flexibility index (Phi) is 7.07. The molecule has 2 amide bonds. The van der Waals surface area contributed by atoms with E-state index in [-0.39, 0.29) is 17.7 Å². The molecule has 7 heteroatoms. The summed E-state index contributed by atoms with van der Waals surface area (Å²) in [5, 5.41) is 5.94. The lowest BCUT2D eigenvalue weighted by atomic mass is 10.0. The van der Waals surface area contributed by atoms with Gasteiger partial charge in [-0.2, -0.15) is 0 Å². The lowest BCUT2D eigenvalue weighted by Crippen LogP contribution is -2.47. The van der Waals surface area contributed by atoms with Crippen LogP contribution in [0.25, 0.3) is 0 Å². The number of nitrogens with one attached hydrogen (secondary N) is 2. The Bertz CT molecular complexity index is 806. The van der Waals surface area contributed by atoms with Crippen molar-refractivity contribution >= 4 is 29.1 Å². The Morgan fingerprint density at radius 2 is 1.67 bits per heavy atom. The molecular weight excluding hydrogens is 368 g/mol. The number of benzene rings is 2. The van der Waals surface area contributed by atoms with Gasteiger partial charge in [-0.05, 0) is 48.4 Å². The second-order valence-corrected chi connectivity index (χ2v) is 6.67. The van der Waals surface area contributed by atoms with E-state index in [0.29, 0.717) is 27.8 Å². The fourth-order valence-electron chi connectivity index (χ4n) is 2.47. The third-order valence-electron chi connectivity index (χ3n) is 4.01. The van der Waals surface area contributed by atoms with Crippen molar-refractivity contribution in [1.82, 2.24) is 5.32 Å². The first-order valence-corrected chi connectivity index (χ1v) is 8.82. The minimum absolute atomic E-state index is 0.110. The van der Waals surface area contributed by atoms with Crippen LogP contribution in [0.4, 0.5) is 5.69 Å². The lowest BCUT2D eigenvalue weighted by molar-refractivity contribution is -0.118. The fraction of sp³-hybridized carbons (Fsp3) is 0.300. The molecule has 2 aromatic carbocycles. The molecule has 0 bridgehead atoms. The first kappa shape index (κ1) is 20.6. The van der Waals surface area contributed by atoms with Gasteiger partial charge in [0.25, 0.3) is 5.91 Å². The number of amides is 2. The Labute approximate surface area is 163 Å². The van der Waals surface area contributed by atoms with Gasteiger partial charge in [0.2, 0.25) is 5.91 Å².